The Morgan fingerprint density at radius 3 is 2.19 bits per heavy atom. The molecule has 1 atom stereocenters. The van der Waals surface area contributed by atoms with Crippen LogP contribution < -0.4 is 10.5 Å². The molecule has 0 aliphatic carbocycles. The third-order valence-electron chi connectivity index (χ3n) is 2.87. The predicted molar refractivity (Wildman–Crippen MR) is 74.9 cm³/mol. The maximum atomic E-state index is 13.1. The molecule has 0 aliphatic heterocycles. The highest BCUT2D eigenvalue weighted by atomic mass is 32.2. The average molecular weight is 312 g/mol. The van der Waals surface area contributed by atoms with E-state index in [1.165, 1.54) is 0 Å². The van der Waals surface area contributed by atoms with Gasteiger partial charge in [0.1, 0.15) is 11.6 Å². The summed E-state index contributed by atoms with van der Waals surface area (Å²) in [6, 6.07) is 10.5. The number of hydrogen-bond acceptors (Lipinski definition) is 3. The lowest BCUT2D eigenvalue weighted by atomic mass is 10.1. The maximum Gasteiger partial charge on any atom is 0.240 e. The normalized spacial score (nSPS) is 13.1. The van der Waals surface area contributed by atoms with Gasteiger partial charge in [-0.05, 0) is 17.7 Å². The quantitative estimate of drug-likeness (QED) is 0.886. The van der Waals surface area contributed by atoms with Crippen LogP contribution in [-0.2, 0) is 10.0 Å². The van der Waals surface area contributed by atoms with Crippen molar-refractivity contribution < 1.29 is 17.2 Å². The van der Waals surface area contributed by atoms with E-state index < -0.39 is 32.6 Å². The second-order valence-corrected chi connectivity index (χ2v) is 6.24. The van der Waals surface area contributed by atoms with Crippen molar-refractivity contribution in [3.8, 4) is 0 Å². The van der Waals surface area contributed by atoms with Crippen molar-refractivity contribution in [3.05, 3.63) is 65.7 Å². The number of benzene rings is 2. The number of nitrogens with one attached hydrogen (secondary N) is 1. The summed E-state index contributed by atoms with van der Waals surface area (Å²) < 4.78 is 52.3. The molecule has 0 heterocycles. The van der Waals surface area contributed by atoms with E-state index in [0.717, 1.165) is 17.7 Å². The van der Waals surface area contributed by atoms with Gasteiger partial charge in [0.25, 0.3) is 0 Å². The molecule has 0 saturated carbocycles. The Hall–Kier alpha value is -1.83. The lowest BCUT2D eigenvalue weighted by Gasteiger charge is -2.13. The van der Waals surface area contributed by atoms with E-state index in [0.29, 0.717) is 6.07 Å². The van der Waals surface area contributed by atoms with Gasteiger partial charge in [-0.3, -0.25) is 0 Å². The van der Waals surface area contributed by atoms with Crippen molar-refractivity contribution in [2.45, 2.75) is 10.9 Å². The van der Waals surface area contributed by atoms with Crippen molar-refractivity contribution in [2.75, 3.05) is 6.54 Å². The summed E-state index contributed by atoms with van der Waals surface area (Å²) in [6.45, 7) is -0.0789. The van der Waals surface area contributed by atoms with Gasteiger partial charge < -0.3 is 5.73 Å². The fourth-order valence-electron chi connectivity index (χ4n) is 1.78. The Balaban J connectivity index is 2.11. The maximum absolute atomic E-state index is 13.1. The fourth-order valence-corrected chi connectivity index (χ4v) is 2.89. The summed E-state index contributed by atoms with van der Waals surface area (Å²) in [6.07, 6.45) is 0. The first kappa shape index (κ1) is 15.6. The molecule has 0 bridgehead atoms. The zero-order valence-corrected chi connectivity index (χ0v) is 11.8. The van der Waals surface area contributed by atoms with Crippen LogP contribution in [-0.4, -0.2) is 15.0 Å². The van der Waals surface area contributed by atoms with Crippen molar-refractivity contribution >= 4 is 10.0 Å². The largest absolute Gasteiger partial charge is 0.323 e. The van der Waals surface area contributed by atoms with Gasteiger partial charge in [0.15, 0.2) is 0 Å². The molecule has 112 valence electrons. The van der Waals surface area contributed by atoms with Crippen molar-refractivity contribution in [2.24, 2.45) is 5.73 Å². The second-order valence-electron chi connectivity index (χ2n) is 4.47. The van der Waals surface area contributed by atoms with Crippen LogP contribution in [0.25, 0.3) is 0 Å². The molecule has 2 aromatic carbocycles. The van der Waals surface area contributed by atoms with Gasteiger partial charge in [0.2, 0.25) is 10.0 Å². The molecule has 0 radical (unpaired) electrons. The molecule has 0 spiro atoms. The van der Waals surface area contributed by atoms with Crippen LogP contribution in [0.15, 0.2) is 53.4 Å². The highest BCUT2D eigenvalue weighted by Gasteiger charge is 2.18. The summed E-state index contributed by atoms with van der Waals surface area (Å²) in [4.78, 5) is -0.472. The van der Waals surface area contributed by atoms with E-state index in [-0.39, 0.29) is 6.54 Å². The number of hydrogen-bond donors (Lipinski definition) is 2. The van der Waals surface area contributed by atoms with E-state index >= 15 is 0 Å². The van der Waals surface area contributed by atoms with E-state index in [1.807, 2.05) is 6.07 Å². The van der Waals surface area contributed by atoms with E-state index in [2.05, 4.69) is 4.72 Å². The molecule has 0 amide bonds. The van der Waals surface area contributed by atoms with E-state index in [4.69, 9.17) is 5.73 Å². The Kier molecular flexibility index (Phi) is 4.66. The minimum absolute atomic E-state index is 0.0789. The molecule has 0 aliphatic rings. The molecule has 2 aromatic rings. The lowest BCUT2D eigenvalue weighted by Crippen LogP contribution is -2.32. The van der Waals surface area contributed by atoms with Gasteiger partial charge in [-0.2, -0.15) is 0 Å². The summed E-state index contributed by atoms with van der Waals surface area (Å²) in [5.41, 5.74) is 6.62. The molecular formula is C14H14F2N2O2S. The Morgan fingerprint density at radius 1 is 1.05 bits per heavy atom. The first-order chi connectivity index (χ1) is 9.88. The highest BCUT2D eigenvalue weighted by molar-refractivity contribution is 7.89. The molecule has 0 unspecified atom stereocenters. The minimum atomic E-state index is -4.02. The SMILES string of the molecule is N[C@H](CNS(=O)(=O)c1cc(F)cc(F)c1)c1ccccc1. The van der Waals surface area contributed by atoms with Gasteiger partial charge in [-0.15, -0.1) is 0 Å². The molecule has 7 heteroatoms. The van der Waals surface area contributed by atoms with Crippen LogP contribution in [0.1, 0.15) is 11.6 Å². The van der Waals surface area contributed by atoms with Gasteiger partial charge in [0, 0.05) is 18.7 Å². The average Bonchev–Trinajstić information content (AvgIpc) is 2.45. The molecule has 2 rings (SSSR count). The third-order valence-corrected chi connectivity index (χ3v) is 4.27. The smallest absolute Gasteiger partial charge is 0.240 e. The second kappa shape index (κ2) is 6.30. The predicted octanol–water partition coefficient (Wildman–Crippen LogP) is 1.94. The van der Waals surface area contributed by atoms with Gasteiger partial charge in [-0.1, -0.05) is 30.3 Å². The molecule has 0 saturated heterocycles. The third kappa shape index (κ3) is 4.07. The number of rotatable bonds is 5. The summed E-state index contributed by atoms with van der Waals surface area (Å²) in [5.74, 6) is -1.91. The molecular weight excluding hydrogens is 298 g/mol. The molecule has 21 heavy (non-hydrogen) atoms. The molecule has 3 N–H and O–H groups in total. The Bertz CT molecular complexity index is 701. The first-order valence-corrected chi connectivity index (χ1v) is 7.63. The van der Waals surface area contributed by atoms with E-state index in [1.54, 1.807) is 24.3 Å². The Morgan fingerprint density at radius 2 is 1.62 bits per heavy atom. The van der Waals surface area contributed by atoms with Gasteiger partial charge >= 0.3 is 0 Å². The Labute approximate surface area is 121 Å². The first-order valence-electron chi connectivity index (χ1n) is 6.15. The minimum Gasteiger partial charge on any atom is -0.323 e. The number of halogens is 2. The van der Waals surface area contributed by atoms with Crippen molar-refractivity contribution in [3.63, 3.8) is 0 Å². The van der Waals surface area contributed by atoms with Crippen LogP contribution in [0.3, 0.4) is 0 Å². The molecule has 0 fully saturated rings. The topological polar surface area (TPSA) is 72.2 Å². The van der Waals surface area contributed by atoms with Crippen molar-refractivity contribution in [1.29, 1.82) is 0 Å². The molecule has 4 nitrogen and oxygen atoms in total. The summed E-state index contributed by atoms with van der Waals surface area (Å²) in [7, 11) is -4.02. The van der Waals surface area contributed by atoms with Crippen LogP contribution in [0.2, 0.25) is 0 Å². The van der Waals surface area contributed by atoms with Gasteiger partial charge in [0.05, 0.1) is 4.90 Å². The summed E-state index contributed by atoms with van der Waals surface area (Å²) in [5, 5.41) is 0. The lowest BCUT2D eigenvalue weighted by molar-refractivity contribution is 0.557. The van der Waals surface area contributed by atoms with Crippen LogP contribution in [0, 0.1) is 11.6 Å². The fraction of sp³-hybridized carbons (Fsp3) is 0.143. The zero-order chi connectivity index (χ0) is 15.5. The number of sulfonamides is 1. The number of nitrogens with two attached hydrogens (primary N) is 1. The summed E-state index contributed by atoms with van der Waals surface area (Å²) >= 11 is 0. The van der Waals surface area contributed by atoms with Crippen LogP contribution in [0.4, 0.5) is 8.78 Å². The standard InChI is InChI=1S/C14H14F2N2O2S/c15-11-6-12(16)8-13(7-11)21(19,20)18-9-14(17)10-4-2-1-3-5-10/h1-8,14,18H,9,17H2/t14-/m1/s1. The molecule has 0 aromatic heterocycles. The highest BCUT2D eigenvalue weighted by Crippen LogP contribution is 2.14. The monoisotopic (exact) mass is 312 g/mol. The van der Waals surface area contributed by atoms with E-state index in [9.17, 15) is 17.2 Å². The van der Waals surface area contributed by atoms with Gasteiger partial charge in [-0.25, -0.2) is 21.9 Å². The zero-order valence-electron chi connectivity index (χ0n) is 11.0. The van der Waals surface area contributed by atoms with Crippen LogP contribution >= 0.6 is 0 Å². The van der Waals surface area contributed by atoms with Crippen molar-refractivity contribution in [1.82, 2.24) is 4.72 Å². The van der Waals surface area contributed by atoms with Crippen LogP contribution in [0.5, 0.6) is 0 Å².